The van der Waals surface area contributed by atoms with Crippen LogP contribution in [0.3, 0.4) is 0 Å². The van der Waals surface area contributed by atoms with Crippen molar-refractivity contribution < 1.29 is 18.3 Å². The second-order valence-electron chi connectivity index (χ2n) is 3.46. The molecule has 0 aliphatic rings. The Kier molecular flexibility index (Phi) is 3.31. The molecule has 2 aromatic rings. The molecule has 0 aliphatic carbocycles. The zero-order valence-electron chi connectivity index (χ0n) is 9.43. The summed E-state index contributed by atoms with van der Waals surface area (Å²) in [7, 11) is 1.19. The van der Waals surface area contributed by atoms with E-state index in [1.807, 2.05) is 0 Å². The van der Waals surface area contributed by atoms with Gasteiger partial charge in [0.2, 0.25) is 0 Å². The normalized spacial score (nSPS) is 10.4. The van der Waals surface area contributed by atoms with Gasteiger partial charge in [0, 0.05) is 5.56 Å². The minimum absolute atomic E-state index is 0.140. The van der Waals surface area contributed by atoms with Crippen LogP contribution in [-0.2, 0) is 11.3 Å². The number of rotatable bonds is 3. The Morgan fingerprint density at radius 3 is 2.67 bits per heavy atom. The predicted molar refractivity (Wildman–Crippen MR) is 56.8 cm³/mol. The van der Waals surface area contributed by atoms with E-state index in [1.54, 1.807) is 0 Å². The topological polar surface area (TPSA) is 57.0 Å². The van der Waals surface area contributed by atoms with Gasteiger partial charge in [-0.2, -0.15) is 0 Å². The van der Waals surface area contributed by atoms with Crippen molar-refractivity contribution in [2.45, 2.75) is 6.54 Å². The first kappa shape index (κ1) is 12.2. The van der Waals surface area contributed by atoms with Crippen LogP contribution in [0.25, 0.3) is 0 Å². The highest BCUT2D eigenvalue weighted by Gasteiger charge is 2.14. The van der Waals surface area contributed by atoms with E-state index in [9.17, 15) is 13.6 Å². The number of esters is 1. The first-order chi connectivity index (χ1) is 8.61. The summed E-state index contributed by atoms with van der Waals surface area (Å²) in [5.41, 5.74) is -0.140. The van der Waals surface area contributed by atoms with Crippen LogP contribution >= 0.6 is 0 Å². The summed E-state index contributed by atoms with van der Waals surface area (Å²) in [6.07, 6.45) is 1.21. The van der Waals surface area contributed by atoms with Gasteiger partial charge in [0.05, 0.1) is 13.7 Å². The number of methoxy groups -OCH3 is 1. The summed E-state index contributed by atoms with van der Waals surface area (Å²) >= 11 is 0. The third kappa shape index (κ3) is 2.34. The average molecular weight is 253 g/mol. The maximum absolute atomic E-state index is 13.4. The van der Waals surface area contributed by atoms with Crippen LogP contribution in [-0.4, -0.2) is 27.8 Å². The van der Waals surface area contributed by atoms with E-state index in [-0.39, 0.29) is 17.9 Å². The van der Waals surface area contributed by atoms with Crippen LogP contribution in [0.4, 0.5) is 8.78 Å². The fourth-order valence-corrected chi connectivity index (χ4v) is 1.40. The Balaban J connectivity index is 2.24. The van der Waals surface area contributed by atoms with Crippen molar-refractivity contribution in [1.82, 2.24) is 14.8 Å². The Bertz CT molecular complexity index is 563. The molecule has 1 aromatic heterocycles. The molecule has 0 unspecified atom stereocenters. The van der Waals surface area contributed by atoms with Crippen molar-refractivity contribution in [1.29, 1.82) is 0 Å². The lowest BCUT2D eigenvalue weighted by atomic mass is 10.2. The molecule has 0 radical (unpaired) electrons. The fraction of sp³-hybridized carbons (Fsp3) is 0.182. The van der Waals surface area contributed by atoms with Gasteiger partial charge in [0.25, 0.3) is 5.82 Å². The quantitative estimate of drug-likeness (QED) is 0.776. The van der Waals surface area contributed by atoms with Gasteiger partial charge in [-0.25, -0.2) is 23.2 Å². The molecule has 7 heteroatoms. The van der Waals surface area contributed by atoms with Gasteiger partial charge in [-0.3, -0.25) is 0 Å². The molecule has 0 saturated heterocycles. The number of hydrogen-bond donors (Lipinski definition) is 0. The summed E-state index contributed by atoms with van der Waals surface area (Å²) < 4.78 is 32.3. The van der Waals surface area contributed by atoms with Crippen LogP contribution < -0.4 is 0 Å². The number of hydrogen-bond acceptors (Lipinski definition) is 4. The second-order valence-corrected chi connectivity index (χ2v) is 3.46. The number of ether oxygens (including phenoxy) is 1. The fourth-order valence-electron chi connectivity index (χ4n) is 1.40. The van der Waals surface area contributed by atoms with Crippen LogP contribution in [0.1, 0.15) is 16.2 Å². The van der Waals surface area contributed by atoms with Gasteiger partial charge in [0.1, 0.15) is 18.0 Å². The SMILES string of the molecule is COC(=O)c1ncn(Cc2c(F)cccc2F)n1. The third-order valence-electron chi connectivity index (χ3n) is 2.29. The molecule has 0 aliphatic heterocycles. The molecule has 5 nitrogen and oxygen atoms in total. The number of nitrogens with zero attached hydrogens (tertiary/aromatic N) is 3. The molecule has 0 atom stereocenters. The Morgan fingerprint density at radius 2 is 2.06 bits per heavy atom. The molecular formula is C11H9F2N3O2. The highest BCUT2D eigenvalue weighted by molar-refractivity contribution is 5.84. The molecule has 0 N–H and O–H groups in total. The van der Waals surface area contributed by atoms with Crippen molar-refractivity contribution in [2.75, 3.05) is 7.11 Å². The number of carbonyl (C=O) groups excluding carboxylic acids is 1. The van der Waals surface area contributed by atoms with E-state index in [4.69, 9.17) is 0 Å². The molecule has 0 fully saturated rings. The molecule has 0 bridgehead atoms. The van der Waals surface area contributed by atoms with Crippen molar-refractivity contribution in [3.05, 3.63) is 47.5 Å². The van der Waals surface area contributed by atoms with E-state index in [0.717, 1.165) is 16.8 Å². The zero-order valence-corrected chi connectivity index (χ0v) is 9.43. The van der Waals surface area contributed by atoms with E-state index >= 15 is 0 Å². The average Bonchev–Trinajstić information content (AvgIpc) is 2.81. The summed E-state index contributed by atoms with van der Waals surface area (Å²) in [5, 5.41) is 3.76. The Morgan fingerprint density at radius 1 is 1.39 bits per heavy atom. The van der Waals surface area contributed by atoms with Crippen molar-refractivity contribution in [3.8, 4) is 0 Å². The number of carbonyl (C=O) groups is 1. The van der Waals surface area contributed by atoms with Crippen molar-refractivity contribution >= 4 is 5.97 Å². The van der Waals surface area contributed by atoms with Gasteiger partial charge in [-0.05, 0) is 12.1 Å². The Labute approximate surface area is 101 Å². The lowest BCUT2D eigenvalue weighted by Crippen LogP contribution is -2.08. The number of halogens is 2. The van der Waals surface area contributed by atoms with Crippen molar-refractivity contribution in [3.63, 3.8) is 0 Å². The summed E-state index contributed by atoms with van der Waals surface area (Å²) in [6, 6.07) is 3.57. The first-order valence-corrected chi connectivity index (χ1v) is 5.02. The minimum atomic E-state index is -0.706. The van der Waals surface area contributed by atoms with Gasteiger partial charge >= 0.3 is 5.97 Å². The number of aromatic nitrogens is 3. The molecule has 0 amide bonds. The third-order valence-corrected chi connectivity index (χ3v) is 2.29. The van der Waals surface area contributed by atoms with E-state index < -0.39 is 17.6 Å². The van der Waals surface area contributed by atoms with Gasteiger partial charge in [-0.15, -0.1) is 5.10 Å². The van der Waals surface area contributed by atoms with E-state index in [1.165, 1.54) is 19.5 Å². The van der Waals surface area contributed by atoms with Crippen LogP contribution in [0.15, 0.2) is 24.5 Å². The molecule has 18 heavy (non-hydrogen) atoms. The molecule has 2 rings (SSSR count). The van der Waals surface area contributed by atoms with Crippen molar-refractivity contribution in [2.24, 2.45) is 0 Å². The van der Waals surface area contributed by atoms with Gasteiger partial charge < -0.3 is 4.74 Å². The molecule has 1 heterocycles. The molecular weight excluding hydrogens is 244 g/mol. The van der Waals surface area contributed by atoms with E-state index in [2.05, 4.69) is 14.8 Å². The molecule has 1 aromatic carbocycles. The zero-order chi connectivity index (χ0) is 13.1. The van der Waals surface area contributed by atoms with Gasteiger partial charge in [-0.1, -0.05) is 6.07 Å². The summed E-state index contributed by atoms with van der Waals surface area (Å²) in [6.45, 7) is -0.150. The van der Waals surface area contributed by atoms with Crippen LogP contribution in [0.5, 0.6) is 0 Å². The second kappa shape index (κ2) is 4.91. The monoisotopic (exact) mass is 253 g/mol. The lowest BCUT2D eigenvalue weighted by Gasteiger charge is -2.03. The maximum Gasteiger partial charge on any atom is 0.377 e. The highest BCUT2D eigenvalue weighted by atomic mass is 19.1. The highest BCUT2D eigenvalue weighted by Crippen LogP contribution is 2.13. The maximum atomic E-state index is 13.4. The standard InChI is InChI=1S/C11H9F2N3O2/c1-18-11(17)10-14-6-16(15-10)5-7-8(12)3-2-4-9(7)13/h2-4,6H,5H2,1H3. The molecule has 0 spiro atoms. The smallest absolute Gasteiger partial charge is 0.377 e. The lowest BCUT2D eigenvalue weighted by molar-refractivity contribution is 0.0586. The summed E-state index contributed by atoms with van der Waals surface area (Å²) in [4.78, 5) is 14.8. The molecule has 0 saturated carbocycles. The number of benzene rings is 1. The largest absolute Gasteiger partial charge is 0.463 e. The van der Waals surface area contributed by atoms with Gasteiger partial charge in [0.15, 0.2) is 0 Å². The summed E-state index contributed by atoms with van der Waals surface area (Å²) in [5.74, 6) is -2.22. The van der Waals surface area contributed by atoms with E-state index in [0.29, 0.717) is 0 Å². The Hall–Kier alpha value is -2.31. The minimum Gasteiger partial charge on any atom is -0.463 e. The van der Waals surface area contributed by atoms with Crippen LogP contribution in [0, 0.1) is 11.6 Å². The predicted octanol–water partition coefficient (Wildman–Crippen LogP) is 1.39. The first-order valence-electron chi connectivity index (χ1n) is 5.02. The molecule has 94 valence electrons. The van der Waals surface area contributed by atoms with Crippen LogP contribution in [0.2, 0.25) is 0 Å².